The molecule has 0 spiro atoms. The lowest BCUT2D eigenvalue weighted by Crippen LogP contribution is -2.21. The Morgan fingerprint density at radius 1 is 1.35 bits per heavy atom. The highest BCUT2D eigenvalue weighted by Gasteiger charge is 2.32. The van der Waals surface area contributed by atoms with Gasteiger partial charge in [-0.2, -0.15) is 5.26 Å². The first kappa shape index (κ1) is 18.0. The summed E-state index contributed by atoms with van der Waals surface area (Å²) < 4.78 is 17.3. The monoisotopic (exact) mass is 416 g/mol. The molecule has 0 unspecified atom stereocenters. The SMILES string of the molecule is CCOc1c(Br)cc([C@H]2C(C#N)=C(N)Oc3cc(O)ccc32)cc1OC. The molecule has 3 N–H and O–H groups in total. The molecule has 0 aromatic heterocycles. The molecule has 0 saturated carbocycles. The van der Waals surface area contributed by atoms with Gasteiger partial charge in [-0.1, -0.05) is 6.07 Å². The summed E-state index contributed by atoms with van der Waals surface area (Å²) in [6.07, 6.45) is 0. The summed E-state index contributed by atoms with van der Waals surface area (Å²) in [6.45, 7) is 2.38. The van der Waals surface area contributed by atoms with Crippen LogP contribution in [0.15, 0.2) is 46.3 Å². The van der Waals surface area contributed by atoms with Crippen molar-refractivity contribution in [1.29, 1.82) is 5.26 Å². The number of phenols is 1. The molecule has 2 aromatic rings. The van der Waals surface area contributed by atoms with Crippen LogP contribution in [0.3, 0.4) is 0 Å². The van der Waals surface area contributed by atoms with E-state index < -0.39 is 5.92 Å². The summed E-state index contributed by atoms with van der Waals surface area (Å²) in [6, 6.07) is 10.6. The van der Waals surface area contributed by atoms with Crippen molar-refractivity contribution in [2.75, 3.05) is 13.7 Å². The molecule has 1 aliphatic rings. The normalized spacial score (nSPS) is 15.7. The zero-order valence-corrected chi connectivity index (χ0v) is 15.8. The minimum absolute atomic E-state index is 0.0135. The van der Waals surface area contributed by atoms with Crippen LogP contribution in [0.25, 0.3) is 0 Å². The molecular weight excluding hydrogens is 400 g/mol. The van der Waals surface area contributed by atoms with Gasteiger partial charge in [0.25, 0.3) is 0 Å². The second kappa shape index (κ2) is 7.18. The van der Waals surface area contributed by atoms with Gasteiger partial charge in [-0.05, 0) is 46.6 Å². The molecule has 7 heteroatoms. The van der Waals surface area contributed by atoms with Crippen LogP contribution >= 0.6 is 15.9 Å². The molecular formula is C19H17BrN2O4. The summed E-state index contributed by atoms with van der Waals surface area (Å²) in [4.78, 5) is 0. The maximum absolute atomic E-state index is 9.73. The molecule has 1 atom stereocenters. The number of nitrogens with two attached hydrogens (primary N) is 1. The number of fused-ring (bicyclic) bond motifs is 1. The zero-order valence-electron chi connectivity index (χ0n) is 14.2. The fraction of sp³-hybridized carbons (Fsp3) is 0.211. The fourth-order valence-electron chi connectivity index (χ4n) is 2.98. The van der Waals surface area contributed by atoms with Crippen LogP contribution < -0.4 is 19.9 Å². The van der Waals surface area contributed by atoms with Gasteiger partial charge in [0.1, 0.15) is 23.1 Å². The van der Waals surface area contributed by atoms with Crippen molar-refractivity contribution in [2.24, 2.45) is 5.73 Å². The first-order valence-electron chi connectivity index (χ1n) is 7.90. The Labute approximate surface area is 159 Å². The third-order valence-electron chi connectivity index (χ3n) is 4.08. The number of phenolic OH excluding ortho intramolecular Hbond substituents is 1. The van der Waals surface area contributed by atoms with Crippen molar-refractivity contribution in [1.82, 2.24) is 0 Å². The Morgan fingerprint density at radius 3 is 2.77 bits per heavy atom. The lowest BCUT2D eigenvalue weighted by molar-refractivity contribution is 0.308. The van der Waals surface area contributed by atoms with Crippen LogP contribution in [0.4, 0.5) is 0 Å². The molecule has 0 bridgehead atoms. The Hall–Kier alpha value is -2.85. The Morgan fingerprint density at radius 2 is 2.12 bits per heavy atom. The van der Waals surface area contributed by atoms with E-state index in [1.165, 1.54) is 6.07 Å². The number of nitrogens with zero attached hydrogens (tertiary/aromatic N) is 1. The number of hydrogen-bond acceptors (Lipinski definition) is 6. The van der Waals surface area contributed by atoms with Crippen LogP contribution in [0.2, 0.25) is 0 Å². The quantitative estimate of drug-likeness (QED) is 0.786. The van der Waals surface area contributed by atoms with Gasteiger partial charge in [0, 0.05) is 11.6 Å². The van der Waals surface area contributed by atoms with Gasteiger partial charge in [-0.25, -0.2) is 0 Å². The van der Waals surface area contributed by atoms with E-state index in [1.54, 1.807) is 19.2 Å². The molecule has 6 nitrogen and oxygen atoms in total. The molecule has 26 heavy (non-hydrogen) atoms. The maximum atomic E-state index is 9.73. The van der Waals surface area contributed by atoms with Crippen molar-refractivity contribution in [3.05, 3.63) is 57.4 Å². The maximum Gasteiger partial charge on any atom is 0.205 e. The van der Waals surface area contributed by atoms with Crippen LogP contribution in [0, 0.1) is 11.3 Å². The highest BCUT2D eigenvalue weighted by Crippen LogP contribution is 2.46. The van der Waals surface area contributed by atoms with Gasteiger partial charge in [0.05, 0.1) is 24.1 Å². The molecule has 2 aromatic carbocycles. The van der Waals surface area contributed by atoms with Gasteiger partial charge in [-0.3, -0.25) is 0 Å². The van der Waals surface area contributed by atoms with E-state index in [9.17, 15) is 10.4 Å². The topological polar surface area (TPSA) is 97.7 Å². The first-order chi connectivity index (χ1) is 12.5. The number of benzene rings is 2. The lowest BCUT2D eigenvalue weighted by atomic mass is 9.83. The molecule has 0 aliphatic carbocycles. The summed E-state index contributed by atoms with van der Waals surface area (Å²) in [5.41, 5.74) is 7.76. The standard InChI is InChI=1S/C19H17BrN2O4/c1-3-25-18-14(20)6-10(7-16(18)24-2)17-12-5-4-11(23)8-15(12)26-19(22)13(17)9-21/h4-8,17,23H,3,22H2,1-2H3/t17-/m1/s1. The smallest absolute Gasteiger partial charge is 0.205 e. The third-order valence-corrected chi connectivity index (χ3v) is 4.67. The minimum Gasteiger partial charge on any atom is -0.508 e. The molecule has 0 saturated heterocycles. The highest BCUT2D eigenvalue weighted by atomic mass is 79.9. The van der Waals surface area contributed by atoms with Gasteiger partial charge in [0.15, 0.2) is 11.5 Å². The van der Waals surface area contributed by atoms with E-state index >= 15 is 0 Å². The predicted octanol–water partition coefficient (Wildman–Crippen LogP) is 3.78. The van der Waals surface area contributed by atoms with E-state index in [4.69, 9.17) is 19.9 Å². The predicted molar refractivity (Wildman–Crippen MR) is 99.3 cm³/mol. The van der Waals surface area contributed by atoms with Gasteiger partial charge < -0.3 is 25.1 Å². The Kier molecular flexibility index (Phi) is 4.96. The summed E-state index contributed by atoms with van der Waals surface area (Å²) >= 11 is 3.51. The lowest BCUT2D eigenvalue weighted by Gasteiger charge is -2.27. The number of allylic oxidation sites excluding steroid dienone is 1. The largest absolute Gasteiger partial charge is 0.508 e. The number of methoxy groups -OCH3 is 1. The molecule has 3 rings (SSSR count). The fourth-order valence-corrected chi connectivity index (χ4v) is 3.55. The first-order valence-corrected chi connectivity index (χ1v) is 8.70. The van der Waals surface area contributed by atoms with Crippen molar-refractivity contribution in [3.63, 3.8) is 0 Å². The number of nitriles is 1. The van der Waals surface area contributed by atoms with E-state index in [0.717, 1.165) is 11.1 Å². The number of aromatic hydroxyl groups is 1. The Balaban J connectivity index is 2.22. The molecule has 0 fully saturated rings. The van der Waals surface area contributed by atoms with Crippen molar-refractivity contribution < 1.29 is 19.3 Å². The van der Waals surface area contributed by atoms with Crippen LogP contribution in [-0.4, -0.2) is 18.8 Å². The number of hydrogen-bond donors (Lipinski definition) is 2. The average Bonchev–Trinajstić information content (AvgIpc) is 2.62. The second-order valence-electron chi connectivity index (χ2n) is 5.61. The molecule has 1 heterocycles. The molecule has 134 valence electrons. The number of halogens is 1. The van der Waals surface area contributed by atoms with E-state index in [1.807, 2.05) is 19.1 Å². The number of rotatable bonds is 4. The van der Waals surface area contributed by atoms with Crippen LogP contribution in [-0.2, 0) is 0 Å². The van der Waals surface area contributed by atoms with Gasteiger partial charge >= 0.3 is 0 Å². The highest BCUT2D eigenvalue weighted by molar-refractivity contribution is 9.10. The van der Waals surface area contributed by atoms with E-state index in [2.05, 4.69) is 22.0 Å². The van der Waals surface area contributed by atoms with Crippen LogP contribution in [0.5, 0.6) is 23.0 Å². The second-order valence-corrected chi connectivity index (χ2v) is 6.47. The summed E-state index contributed by atoms with van der Waals surface area (Å²) in [7, 11) is 1.56. The molecule has 0 radical (unpaired) electrons. The summed E-state index contributed by atoms with van der Waals surface area (Å²) in [5.74, 6) is 1.16. The Bertz CT molecular complexity index is 934. The summed E-state index contributed by atoms with van der Waals surface area (Å²) in [5, 5.41) is 19.4. The van der Waals surface area contributed by atoms with Gasteiger partial charge in [0.2, 0.25) is 5.88 Å². The average molecular weight is 417 g/mol. The van der Waals surface area contributed by atoms with Crippen LogP contribution in [0.1, 0.15) is 24.0 Å². The van der Waals surface area contributed by atoms with Crippen molar-refractivity contribution >= 4 is 15.9 Å². The van der Waals surface area contributed by atoms with E-state index in [0.29, 0.717) is 33.9 Å². The number of ether oxygens (including phenoxy) is 3. The van der Waals surface area contributed by atoms with Crippen molar-refractivity contribution in [3.8, 4) is 29.1 Å². The minimum atomic E-state index is -0.453. The van der Waals surface area contributed by atoms with Crippen molar-refractivity contribution in [2.45, 2.75) is 12.8 Å². The molecule has 1 aliphatic heterocycles. The molecule has 0 amide bonds. The third kappa shape index (κ3) is 3.04. The van der Waals surface area contributed by atoms with E-state index in [-0.39, 0.29) is 11.6 Å². The van der Waals surface area contributed by atoms with Gasteiger partial charge in [-0.15, -0.1) is 0 Å². The zero-order chi connectivity index (χ0) is 18.8.